The fraction of sp³-hybridized carbons (Fsp3) is 0.150. The molecule has 0 saturated carbocycles. The Kier molecular flexibility index (Phi) is 3.99. The number of halogens is 1. The summed E-state index contributed by atoms with van der Waals surface area (Å²) < 4.78 is 19.1. The molecular weight excluding hydrogens is 349 g/mol. The molecule has 0 aliphatic carbocycles. The number of aromatic nitrogens is 2. The van der Waals surface area contributed by atoms with Crippen LogP contribution in [-0.2, 0) is 6.54 Å². The summed E-state index contributed by atoms with van der Waals surface area (Å²) in [4.78, 5) is 33.5. The van der Waals surface area contributed by atoms with Crippen molar-refractivity contribution in [1.82, 2.24) is 14.9 Å². The zero-order valence-electron chi connectivity index (χ0n) is 14.7. The summed E-state index contributed by atoms with van der Waals surface area (Å²) >= 11 is 0. The van der Waals surface area contributed by atoms with Crippen LogP contribution in [0.3, 0.4) is 0 Å². The number of carbonyl (C=O) groups excluding carboxylic acids is 1. The Balaban J connectivity index is 1.65. The zero-order chi connectivity index (χ0) is 19.1. The number of furan rings is 1. The highest BCUT2D eigenvalue weighted by molar-refractivity contribution is 5.98. The van der Waals surface area contributed by atoms with Gasteiger partial charge in [-0.2, -0.15) is 0 Å². The Hall–Kier alpha value is -3.48. The van der Waals surface area contributed by atoms with E-state index in [1.165, 1.54) is 23.1 Å². The van der Waals surface area contributed by atoms with Crippen molar-refractivity contribution < 1.29 is 13.6 Å². The average molecular weight is 365 g/mol. The average Bonchev–Trinajstić information content (AvgIpc) is 2.97. The molecule has 0 atom stereocenters. The van der Waals surface area contributed by atoms with Crippen molar-refractivity contribution in [1.29, 1.82) is 0 Å². The first-order valence-corrected chi connectivity index (χ1v) is 8.36. The predicted octanol–water partition coefficient (Wildman–Crippen LogP) is 3.39. The van der Waals surface area contributed by atoms with Crippen molar-refractivity contribution in [2.45, 2.75) is 13.5 Å². The van der Waals surface area contributed by atoms with Crippen molar-refractivity contribution in [3.05, 3.63) is 75.8 Å². The lowest BCUT2D eigenvalue weighted by Gasteiger charge is -2.15. The van der Waals surface area contributed by atoms with Gasteiger partial charge in [-0.1, -0.05) is 12.1 Å². The lowest BCUT2D eigenvalue weighted by atomic mass is 10.1. The molecule has 7 heteroatoms. The number of hydrogen-bond donors (Lipinski definition) is 1. The summed E-state index contributed by atoms with van der Waals surface area (Å²) in [7, 11) is 1.59. The third kappa shape index (κ3) is 2.97. The van der Waals surface area contributed by atoms with Gasteiger partial charge in [-0.25, -0.2) is 9.37 Å². The number of aryl methyl sites for hydroxylation is 1. The molecule has 4 rings (SSSR count). The minimum atomic E-state index is -0.392. The SMILES string of the molecule is Cc1c(C(=O)N(C)Cc2nc3ccccc3c(=O)[nH]2)oc2ccc(F)cc12. The van der Waals surface area contributed by atoms with Crippen LogP contribution in [-0.4, -0.2) is 27.8 Å². The fourth-order valence-corrected chi connectivity index (χ4v) is 3.08. The number of para-hydroxylation sites is 1. The second-order valence-corrected chi connectivity index (χ2v) is 6.39. The number of nitrogens with zero attached hydrogens (tertiary/aromatic N) is 2. The van der Waals surface area contributed by atoms with Gasteiger partial charge in [0.2, 0.25) is 0 Å². The number of amides is 1. The van der Waals surface area contributed by atoms with Crippen molar-refractivity contribution in [3.63, 3.8) is 0 Å². The first-order valence-electron chi connectivity index (χ1n) is 8.36. The monoisotopic (exact) mass is 365 g/mol. The van der Waals surface area contributed by atoms with Crippen LogP contribution in [0, 0.1) is 12.7 Å². The van der Waals surface area contributed by atoms with Crippen LogP contribution in [0.5, 0.6) is 0 Å². The molecule has 0 radical (unpaired) electrons. The number of carbonyl (C=O) groups is 1. The maximum atomic E-state index is 13.5. The lowest BCUT2D eigenvalue weighted by Crippen LogP contribution is -2.28. The number of fused-ring (bicyclic) bond motifs is 2. The summed E-state index contributed by atoms with van der Waals surface area (Å²) in [5, 5.41) is 1.05. The Bertz CT molecular complexity index is 1240. The Morgan fingerprint density at radius 2 is 2.00 bits per heavy atom. The van der Waals surface area contributed by atoms with Gasteiger partial charge in [-0.05, 0) is 37.3 Å². The number of rotatable bonds is 3. The standard InChI is InChI=1S/C20H16FN3O3/c1-11-14-9-12(21)7-8-16(14)27-18(11)20(26)24(2)10-17-22-15-6-4-3-5-13(15)19(25)23-17/h3-9H,10H2,1-2H3,(H,22,23,25). The molecule has 27 heavy (non-hydrogen) atoms. The summed E-state index contributed by atoms with van der Waals surface area (Å²) in [6.45, 7) is 1.81. The van der Waals surface area contributed by atoms with E-state index in [-0.39, 0.29) is 23.8 Å². The van der Waals surface area contributed by atoms with E-state index < -0.39 is 5.82 Å². The van der Waals surface area contributed by atoms with Gasteiger partial charge in [0, 0.05) is 18.0 Å². The second kappa shape index (κ2) is 6.35. The number of aromatic amines is 1. The van der Waals surface area contributed by atoms with Gasteiger partial charge in [0.1, 0.15) is 17.2 Å². The van der Waals surface area contributed by atoms with Gasteiger partial charge >= 0.3 is 0 Å². The van der Waals surface area contributed by atoms with Crippen LogP contribution in [0.15, 0.2) is 51.7 Å². The molecule has 2 aromatic heterocycles. The molecule has 0 bridgehead atoms. The van der Waals surface area contributed by atoms with Gasteiger partial charge in [0.15, 0.2) is 5.76 Å². The number of benzene rings is 2. The maximum absolute atomic E-state index is 13.5. The predicted molar refractivity (Wildman–Crippen MR) is 99.1 cm³/mol. The van der Waals surface area contributed by atoms with Crippen molar-refractivity contribution in [2.75, 3.05) is 7.05 Å². The molecule has 2 heterocycles. The van der Waals surface area contributed by atoms with E-state index >= 15 is 0 Å². The topological polar surface area (TPSA) is 79.2 Å². The van der Waals surface area contributed by atoms with Crippen molar-refractivity contribution in [2.24, 2.45) is 0 Å². The molecule has 136 valence electrons. The van der Waals surface area contributed by atoms with Crippen LogP contribution in [0.2, 0.25) is 0 Å². The molecule has 0 aliphatic heterocycles. The van der Waals surface area contributed by atoms with Crippen LogP contribution in [0.1, 0.15) is 21.9 Å². The first kappa shape index (κ1) is 17.0. The van der Waals surface area contributed by atoms with Crippen LogP contribution in [0.4, 0.5) is 4.39 Å². The minimum absolute atomic E-state index is 0.101. The van der Waals surface area contributed by atoms with E-state index in [0.717, 1.165) is 0 Å². The second-order valence-electron chi connectivity index (χ2n) is 6.39. The number of nitrogens with one attached hydrogen (secondary N) is 1. The molecule has 6 nitrogen and oxygen atoms in total. The van der Waals surface area contributed by atoms with E-state index in [1.807, 2.05) is 0 Å². The van der Waals surface area contributed by atoms with E-state index in [1.54, 1.807) is 38.2 Å². The number of hydrogen-bond acceptors (Lipinski definition) is 4. The summed E-state index contributed by atoms with van der Waals surface area (Å²) in [5.74, 6) is -0.257. The minimum Gasteiger partial charge on any atom is -0.451 e. The molecular formula is C20H16FN3O3. The fourth-order valence-electron chi connectivity index (χ4n) is 3.08. The highest BCUT2D eigenvalue weighted by Gasteiger charge is 2.22. The molecule has 0 unspecified atom stereocenters. The molecule has 0 spiro atoms. The first-order chi connectivity index (χ1) is 12.9. The highest BCUT2D eigenvalue weighted by Crippen LogP contribution is 2.27. The Morgan fingerprint density at radius 1 is 1.22 bits per heavy atom. The largest absolute Gasteiger partial charge is 0.451 e. The maximum Gasteiger partial charge on any atom is 0.290 e. The van der Waals surface area contributed by atoms with Gasteiger partial charge in [-0.3, -0.25) is 9.59 Å². The Labute approximate surface area is 153 Å². The summed E-state index contributed by atoms with van der Waals surface area (Å²) in [6, 6.07) is 11.1. The van der Waals surface area contributed by atoms with E-state index in [4.69, 9.17) is 4.42 Å². The summed E-state index contributed by atoms with van der Waals surface area (Å²) in [5.41, 5.74) is 1.32. The van der Waals surface area contributed by atoms with Gasteiger partial charge in [-0.15, -0.1) is 0 Å². The quantitative estimate of drug-likeness (QED) is 0.604. The van der Waals surface area contributed by atoms with Crippen molar-refractivity contribution >= 4 is 27.8 Å². The van der Waals surface area contributed by atoms with Crippen LogP contribution < -0.4 is 5.56 Å². The van der Waals surface area contributed by atoms with E-state index in [0.29, 0.717) is 33.3 Å². The van der Waals surface area contributed by atoms with Gasteiger partial charge in [0.25, 0.3) is 11.5 Å². The molecule has 0 saturated heterocycles. The molecule has 1 amide bonds. The molecule has 1 N–H and O–H groups in total. The van der Waals surface area contributed by atoms with Gasteiger partial charge < -0.3 is 14.3 Å². The van der Waals surface area contributed by atoms with Crippen molar-refractivity contribution in [3.8, 4) is 0 Å². The zero-order valence-corrected chi connectivity index (χ0v) is 14.7. The van der Waals surface area contributed by atoms with Gasteiger partial charge in [0.05, 0.1) is 17.4 Å². The Morgan fingerprint density at radius 3 is 2.81 bits per heavy atom. The smallest absolute Gasteiger partial charge is 0.290 e. The molecule has 0 fully saturated rings. The third-order valence-corrected chi connectivity index (χ3v) is 4.49. The highest BCUT2D eigenvalue weighted by atomic mass is 19.1. The van der Waals surface area contributed by atoms with Crippen LogP contribution >= 0.6 is 0 Å². The summed E-state index contributed by atoms with van der Waals surface area (Å²) in [6.07, 6.45) is 0. The molecule has 0 aliphatic rings. The number of H-pyrrole nitrogens is 1. The molecule has 4 aromatic rings. The molecule has 2 aromatic carbocycles. The lowest BCUT2D eigenvalue weighted by molar-refractivity contribution is 0.0751. The van der Waals surface area contributed by atoms with E-state index in [9.17, 15) is 14.0 Å². The van der Waals surface area contributed by atoms with E-state index in [2.05, 4.69) is 9.97 Å². The van der Waals surface area contributed by atoms with Crippen LogP contribution in [0.25, 0.3) is 21.9 Å². The third-order valence-electron chi connectivity index (χ3n) is 4.49. The normalized spacial score (nSPS) is 11.2.